The molecule has 0 aliphatic carbocycles. The number of nitrogens with zero attached hydrogens (tertiary/aromatic N) is 4. The maximum atomic E-state index is 6.64. The van der Waals surface area contributed by atoms with Crippen LogP contribution in [0.4, 0.5) is 0 Å². The first-order chi connectivity index (χ1) is 25.3. The predicted octanol–water partition coefficient (Wildman–Crippen LogP) is 12.5. The second-order valence-corrected chi connectivity index (χ2v) is 14.8. The van der Waals surface area contributed by atoms with E-state index in [1.807, 2.05) is 0 Å². The minimum atomic E-state index is -0.261. The van der Waals surface area contributed by atoms with Crippen molar-refractivity contribution in [1.29, 1.82) is 0 Å². The summed E-state index contributed by atoms with van der Waals surface area (Å²) < 4.78 is 6.64. The monoisotopic (exact) mass is 762 g/mol. The largest absolute Gasteiger partial charge is 2.00 e. The van der Waals surface area contributed by atoms with E-state index in [1.165, 1.54) is 63.8 Å². The summed E-state index contributed by atoms with van der Waals surface area (Å²) in [6.07, 6.45) is 12.2. The van der Waals surface area contributed by atoms with Gasteiger partial charge in [-0.25, -0.2) is 4.98 Å². The average molecular weight is 764 g/mol. The fourth-order valence-electron chi connectivity index (χ4n) is 9.39. The molecule has 0 fully saturated rings. The van der Waals surface area contributed by atoms with Crippen LogP contribution in [0.15, 0.2) is 30.3 Å². The van der Waals surface area contributed by atoms with Crippen LogP contribution in [0.5, 0.6) is 0 Å². The quantitative estimate of drug-likeness (QED) is 0.0891. The molecule has 8 bridgehead atoms. The SMILES string of the molecule is CCCCCCOC(C)c1ccc2c3nc(cc4nc(cc5[n-]c(cc6[n-]c2c(CC)c6CC)c(CC)c5CC)C(CC)=C4CC)C(CC)(CC)c13.[Zn+2]. The Morgan fingerprint density at radius 3 is 1.81 bits per heavy atom. The molecule has 0 saturated carbocycles. The number of hydrogen-bond acceptors (Lipinski definition) is 3. The molecule has 6 heteroatoms. The van der Waals surface area contributed by atoms with Crippen LogP contribution >= 0.6 is 0 Å². The van der Waals surface area contributed by atoms with Crippen molar-refractivity contribution >= 4 is 44.1 Å². The number of aromatic nitrogens is 4. The molecule has 5 heterocycles. The summed E-state index contributed by atoms with van der Waals surface area (Å²) in [6, 6.07) is 11.5. The second-order valence-electron chi connectivity index (χ2n) is 14.8. The van der Waals surface area contributed by atoms with Crippen LogP contribution in [0.2, 0.25) is 0 Å². The summed E-state index contributed by atoms with van der Waals surface area (Å²) in [6.45, 7) is 23.5. The van der Waals surface area contributed by atoms with Crippen molar-refractivity contribution in [2.75, 3.05) is 6.61 Å². The van der Waals surface area contributed by atoms with Crippen LogP contribution in [-0.2, 0) is 55.3 Å². The smallest absolute Gasteiger partial charge is 0.657 e. The van der Waals surface area contributed by atoms with E-state index in [-0.39, 0.29) is 31.0 Å². The summed E-state index contributed by atoms with van der Waals surface area (Å²) in [4.78, 5) is 22.0. The molecular weight excluding hydrogens is 702 g/mol. The maximum Gasteiger partial charge on any atom is 2.00 e. The van der Waals surface area contributed by atoms with Gasteiger partial charge in [-0.2, -0.15) is 0 Å². The first-order valence-corrected chi connectivity index (χ1v) is 20.8. The van der Waals surface area contributed by atoms with Gasteiger partial charge in [0.25, 0.3) is 0 Å². The van der Waals surface area contributed by atoms with Crippen LogP contribution in [0, 0.1) is 0 Å². The standard InChI is InChI=1S/C47H62N4O.Zn/c1-11-20-21-22-25-52-29(10)36-23-24-37-45-35(17-7)34(16-6)41(50-45)27-40-31(13-3)30(12-2)38(48-40)26-39-32(14-4)33(15-5)42(49-39)28-43-47(18-8,19-9)44(36)46(37)51-43;/h23-24,26-29H,11-22,25H2,1-10H3;/q-2;+2. The van der Waals surface area contributed by atoms with Gasteiger partial charge in [0.2, 0.25) is 0 Å². The zero-order chi connectivity index (χ0) is 37.2. The molecule has 0 amide bonds. The Morgan fingerprint density at radius 1 is 0.642 bits per heavy atom. The summed E-state index contributed by atoms with van der Waals surface area (Å²) in [5.41, 5.74) is 18.8. The molecule has 278 valence electrons. The fourth-order valence-corrected chi connectivity index (χ4v) is 9.39. The normalized spacial score (nSPS) is 14.4. The Labute approximate surface area is 332 Å². The molecular formula is C47H62N4OZn. The van der Waals surface area contributed by atoms with Gasteiger partial charge < -0.3 is 14.7 Å². The third kappa shape index (κ3) is 7.13. The van der Waals surface area contributed by atoms with Gasteiger partial charge >= 0.3 is 19.5 Å². The van der Waals surface area contributed by atoms with Crippen LogP contribution in [0.25, 0.3) is 44.1 Å². The molecule has 3 aromatic heterocycles. The molecule has 53 heavy (non-hydrogen) atoms. The number of allylic oxidation sites excluding steroid dienone is 2. The number of benzene rings is 1. The van der Waals surface area contributed by atoms with Gasteiger partial charge in [0.05, 0.1) is 28.7 Å². The van der Waals surface area contributed by atoms with Crippen LogP contribution < -0.4 is 9.97 Å². The zero-order valence-corrected chi connectivity index (χ0v) is 37.5. The van der Waals surface area contributed by atoms with Crippen molar-refractivity contribution in [1.82, 2.24) is 19.9 Å². The molecule has 0 spiro atoms. The van der Waals surface area contributed by atoms with Crippen molar-refractivity contribution in [3.8, 4) is 0 Å². The van der Waals surface area contributed by atoms with E-state index in [1.54, 1.807) is 0 Å². The molecule has 5 nitrogen and oxygen atoms in total. The Balaban J connectivity index is 0.00000541. The summed E-state index contributed by atoms with van der Waals surface area (Å²) in [5.74, 6) is 0. The Bertz CT molecular complexity index is 2130. The van der Waals surface area contributed by atoms with E-state index in [4.69, 9.17) is 24.7 Å². The van der Waals surface area contributed by atoms with Gasteiger partial charge in [0, 0.05) is 12.0 Å². The van der Waals surface area contributed by atoms with Crippen molar-refractivity contribution in [3.63, 3.8) is 0 Å². The Hall–Kier alpha value is -3.08. The average Bonchev–Trinajstić information content (AvgIpc) is 3.88. The molecule has 0 radical (unpaired) electrons. The molecule has 1 unspecified atom stereocenters. The van der Waals surface area contributed by atoms with Gasteiger partial charge in [-0.15, -0.1) is 22.1 Å². The first-order valence-electron chi connectivity index (χ1n) is 20.8. The fraction of sp³-hybridized carbons (Fsp3) is 0.532. The number of fused-ring (bicyclic) bond motifs is 8. The maximum absolute atomic E-state index is 6.64. The topological polar surface area (TPSA) is 63.2 Å². The Kier molecular flexibility index (Phi) is 13.6. The van der Waals surface area contributed by atoms with Crippen LogP contribution in [0.1, 0.15) is 177 Å². The molecule has 2 aliphatic heterocycles. The molecule has 1 atom stereocenters. The van der Waals surface area contributed by atoms with Crippen molar-refractivity contribution in [2.45, 2.75) is 158 Å². The summed E-state index contributed by atoms with van der Waals surface area (Å²) in [7, 11) is 0. The minimum absolute atomic E-state index is 0. The third-order valence-electron chi connectivity index (χ3n) is 12.3. The van der Waals surface area contributed by atoms with E-state index in [0.29, 0.717) is 0 Å². The van der Waals surface area contributed by atoms with Crippen molar-refractivity contribution in [2.24, 2.45) is 0 Å². The molecule has 2 aliphatic rings. The number of unbranched alkanes of at least 4 members (excludes halogenated alkanes) is 3. The van der Waals surface area contributed by atoms with Crippen molar-refractivity contribution in [3.05, 3.63) is 80.8 Å². The van der Waals surface area contributed by atoms with E-state index in [2.05, 4.69) is 99.6 Å². The van der Waals surface area contributed by atoms with E-state index in [9.17, 15) is 0 Å². The van der Waals surface area contributed by atoms with Crippen LogP contribution in [-0.4, -0.2) is 16.6 Å². The first kappa shape index (κ1) is 41.1. The van der Waals surface area contributed by atoms with E-state index >= 15 is 0 Å². The zero-order valence-electron chi connectivity index (χ0n) is 34.6. The molecule has 1 aromatic carbocycles. The number of aryl methyl sites for hydroxylation is 4. The van der Waals surface area contributed by atoms with Gasteiger partial charge in [-0.05, 0) is 98.4 Å². The van der Waals surface area contributed by atoms with E-state index in [0.717, 1.165) is 114 Å². The molecule has 6 rings (SSSR count). The summed E-state index contributed by atoms with van der Waals surface area (Å²) >= 11 is 0. The number of ether oxygens (including phenoxy) is 1. The summed E-state index contributed by atoms with van der Waals surface area (Å²) in [5, 5.41) is 1.14. The van der Waals surface area contributed by atoms with Gasteiger partial charge in [-0.3, -0.25) is 4.98 Å². The minimum Gasteiger partial charge on any atom is -0.657 e. The second kappa shape index (κ2) is 17.6. The molecule has 0 saturated heterocycles. The predicted molar refractivity (Wildman–Crippen MR) is 221 cm³/mol. The molecule has 4 aromatic rings. The Morgan fingerprint density at radius 2 is 1.23 bits per heavy atom. The van der Waals surface area contributed by atoms with Gasteiger partial charge in [0.15, 0.2) is 0 Å². The number of rotatable bonds is 15. The van der Waals surface area contributed by atoms with Gasteiger partial charge in [0.1, 0.15) is 0 Å². The van der Waals surface area contributed by atoms with Gasteiger partial charge in [-0.1, -0.05) is 128 Å². The third-order valence-corrected chi connectivity index (χ3v) is 12.3. The van der Waals surface area contributed by atoms with E-state index < -0.39 is 0 Å². The van der Waals surface area contributed by atoms with Crippen LogP contribution in [0.3, 0.4) is 0 Å². The number of hydrogen-bond donors (Lipinski definition) is 0. The molecule has 0 N–H and O–H groups in total. The van der Waals surface area contributed by atoms with Crippen molar-refractivity contribution < 1.29 is 24.2 Å².